The Labute approximate surface area is 98.0 Å². The van der Waals surface area contributed by atoms with Crippen LogP contribution in [0.1, 0.15) is 33.1 Å². The number of nitrogens with two attached hydrogens (primary N) is 1. The molecule has 2 fully saturated rings. The Hall–Kier alpha value is 0.270. The Morgan fingerprint density at radius 1 is 1.47 bits per heavy atom. The summed E-state index contributed by atoms with van der Waals surface area (Å²) in [6.45, 7) is 6.99. The van der Waals surface area contributed by atoms with Gasteiger partial charge in [0.15, 0.2) is 0 Å². The zero-order chi connectivity index (χ0) is 10.9. The van der Waals surface area contributed by atoms with Gasteiger partial charge in [-0.05, 0) is 37.0 Å². The van der Waals surface area contributed by atoms with Crippen molar-refractivity contribution in [2.75, 3.05) is 24.6 Å². The fourth-order valence-electron chi connectivity index (χ4n) is 2.99. The molecule has 2 saturated heterocycles. The molecule has 0 saturated carbocycles. The van der Waals surface area contributed by atoms with Crippen molar-refractivity contribution < 1.29 is 0 Å². The molecule has 2 unspecified atom stereocenters. The fraction of sp³-hybridized carbons (Fsp3) is 1.00. The molecule has 15 heavy (non-hydrogen) atoms. The minimum Gasteiger partial charge on any atom is -0.329 e. The molecule has 0 aromatic carbocycles. The molecule has 2 N–H and O–H groups in total. The van der Waals surface area contributed by atoms with Crippen LogP contribution >= 0.6 is 11.8 Å². The number of hydrogen-bond donors (Lipinski definition) is 1. The van der Waals surface area contributed by atoms with Crippen LogP contribution in [-0.4, -0.2) is 41.6 Å². The van der Waals surface area contributed by atoms with Crippen LogP contribution in [0.4, 0.5) is 0 Å². The van der Waals surface area contributed by atoms with E-state index in [0.717, 1.165) is 12.6 Å². The van der Waals surface area contributed by atoms with Gasteiger partial charge >= 0.3 is 0 Å². The summed E-state index contributed by atoms with van der Waals surface area (Å²) < 4.78 is 0. The average molecular weight is 228 g/mol. The van der Waals surface area contributed by atoms with E-state index in [1.165, 1.54) is 37.3 Å². The van der Waals surface area contributed by atoms with Crippen molar-refractivity contribution in [1.29, 1.82) is 0 Å². The Morgan fingerprint density at radius 3 is 2.93 bits per heavy atom. The van der Waals surface area contributed by atoms with E-state index in [1.54, 1.807) is 0 Å². The summed E-state index contributed by atoms with van der Waals surface area (Å²) in [5.41, 5.74) is 6.36. The van der Waals surface area contributed by atoms with Crippen LogP contribution in [0.25, 0.3) is 0 Å². The van der Waals surface area contributed by atoms with Gasteiger partial charge in [0.1, 0.15) is 0 Å². The van der Waals surface area contributed by atoms with Crippen molar-refractivity contribution in [3.63, 3.8) is 0 Å². The predicted molar refractivity (Wildman–Crippen MR) is 68.3 cm³/mol. The first-order valence-corrected chi connectivity index (χ1v) is 7.34. The molecule has 2 heterocycles. The molecule has 2 aliphatic rings. The molecule has 2 atom stereocenters. The molecule has 0 radical (unpaired) electrons. The van der Waals surface area contributed by atoms with Crippen LogP contribution in [0.3, 0.4) is 0 Å². The van der Waals surface area contributed by atoms with Gasteiger partial charge in [-0.2, -0.15) is 11.8 Å². The van der Waals surface area contributed by atoms with Crippen LogP contribution in [0.15, 0.2) is 0 Å². The average Bonchev–Trinajstić information content (AvgIpc) is 2.64. The third-order valence-corrected chi connectivity index (χ3v) is 5.21. The molecule has 88 valence electrons. The highest BCUT2D eigenvalue weighted by Gasteiger charge is 2.40. The van der Waals surface area contributed by atoms with Crippen molar-refractivity contribution in [2.45, 2.75) is 45.2 Å². The van der Waals surface area contributed by atoms with E-state index < -0.39 is 0 Å². The van der Waals surface area contributed by atoms with E-state index in [2.05, 4.69) is 30.5 Å². The molecule has 0 amide bonds. The van der Waals surface area contributed by atoms with Crippen molar-refractivity contribution in [2.24, 2.45) is 11.1 Å². The summed E-state index contributed by atoms with van der Waals surface area (Å²) in [5, 5.41) is 0. The van der Waals surface area contributed by atoms with Gasteiger partial charge in [-0.1, -0.05) is 13.8 Å². The minimum absolute atomic E-state index is 0.489. The molecule has 0 bridgehead atoms. The number of rotatable bonds is 2. The monoisotopic (exact) mass is 228 g/mol. The summed E-state index contributed by atoms with van der Waals surface area (Å²) in [7, 11) is 0. The van der Waals surface area contributed by atoms with E-state index in [9.17, 15) is 0 Å². The fourth-order valence-corrected chi connectivity index (χ4v) is 4.69. The van der Waals surface area contributed by atoms with Gasteiger partial charge in [0.25, 0.3) is 0 Å². The van der Waals surface area contributed by atoms with Crippen LogP contribution in [0, 0.1) is 5.41 Å². The maximum absolute atomic E-state index is 5.87. The molecular weight excluding hydrogens is 204 g/mol. The van der Waals surface area contributed by atoms with Gasteiger partial charge < -0.3 is 5.73 Å². The van der Waals surface area contributed by atoms with Crippen molar-refractivity contribution in [1.82, 2.24) is 4.90 Å². The van der Waals surface area contributed by atoms with Gasteiger partial charge in [-0.15, -0.1) is 0 Å². The zero-order valence-corrected chi connectivity index (χ0v) is 10.9. The first-order chi connectivity index (χ1) is 7.15. The lowest BCUT2D eigenvalue weighted by atomic mass is 9.81. The Kier molecular flexibility index (Phi) is 3.63. The Morgan fingerprint density at radius 2 is 2.27 bits per heavy atom. The number of nitrogens with zero attached hydrogens (tertiary/aromatic N) is 1. The largest absolute Gasteiger partial charge is 0.329 e. The summed E-state index contributed by atoms with van der Waals surface area (Å²) in [6, 6.07) is 1.42. The van der Waals surface area contributed by atoms with Crippen molar-refractivity contribution >= 4 is 11.8 Å². The third-order valence-electron chi connectivity index (χ3n) is 4.16. The highest BCUT2D eigenvalue weighted by Crippen LogP contribution is 2.39. The lowest BCUT2D eigenvalue weighted by Crippen LogP contribution is -2.52. The second-order valence-corrected chi connectivity index (χ2v) is 6.75. The lowest BCUT2D eigenvalue weighted by molar-refractivity contribution is 0.0886. The number of thioether (sulfide) groups is 1. The van der Waals surface area contributed by atoms with Crippen LogP contribution < -0.4 is 5.73 Å². The molecule has 0 spiro atoms. The molecule has 2 aliphatic heterocycles. The van der Waals surface area contributed by atoms with Gasteiger partial charge in [0, 0.05) is 24.4 Å². The van der Waals surface area contributed by atoms with Gasteiger partial charge in [0.2, 0.25) is 0 Å². The maximum Gasteiger partial charge on any atom is 0.0241 e. The molecule has 0 aromatic rings. The second-order valence-electron chi connectivity index (χ2n) is 5.60. The lowest BCUT2D eigenvalue weighted by Gasteiger charge is -2.45. The second kappa shape index (κ2) is 4.64. The van der Waals surface area contributed by atoms with Crippen molar-refractivity contribution in [3.05, 3.63) is 0 Å². The third kappa shape index (κ3) is 2.34. The minimum atomic E-state index is 0.489. The highest BCUT2D eigenvalue weighted by molar-refractivity contribution is 7.99. The normalized spacial score (nSPS) is 37.0. The van der Waals surface area contributed by atoms with Crippen molar-refractivity contribution in [3.8, 4) is 0 Å². The Balaban J connectivity index is 2.07. The molecule has 2 nitrogen and oxygen atoms in total. The van der Waals surface area contributed by atoms with Crippen LogP contribution in [-0.2, 0) is 0 Å². The Bertz CT molecular complexity index is 218. The smallest absolute Gasteiger partial charge is 0.0241 e. The predicted octanol–water partition coefficient (Wildman–Crippen LogP) is 1.94. The van der Waals surface area contributed by atoms with Gasteiger partial charge in [-0.25, -0.2) is 0 Å². The molecule has 0 aliphatic carbocycles. The standard InChI is InChI=1S/C12H24N2S/c1-12(2)5-7-15-9-11(12)14-6-3-4-10(14)8-13/h10-11H,3-9,13H2,1-2H3. The van der Waals surface area contributed by atoms with E-state index in [-0.39, 0.29) is 0 Å². The SMILES string of the molecule is CC1(C)CCSCC1N1CCCC1CN. The molecule has 2 rings (SSSR count). The first-order valence-electron chi connectivity index (χ1n) is 6.19. The zero-order valence-electron chi connectivity index (χ0n) is 10.0. The van der Waals surface area contributed by atoms with E-state index >= 15 is 0 Å². The molecule has 3 heteroatoms. The van der Waals surface area contributed by atoms with Gasteiger partial charge in [-0.3, -0.25) is 4.90 Å². The summed E-state index contributed by atoms with van der Waals surface area (Å²) in [5.74, 6) is 2.65. The number of hydrogen-bond acceptors (Lipinski definition) is 3. The first kappa shape index (κ1) is 11.7. The summed E-state index contributed by atoms with van der Waals surface area (Å²) in [6.07, 6.45) is 4.02. The van der Waals surface area contributed by atoms with E-state index in [0.29, 0.717) is 11.5 Å². The van der Waals surface area contributed by atoms with Crippen LogP contribution in [0.5, 0.6) is 0 Å². The quantitative estimate of drug-likeness (QED) is 0.783. The topological polar surface area (TPSA) is 29.3 Å². The number of likely N-dealkylation sites (tertiary alicyclic amines) is 1. The van der Waals surface area contributed by atoms with Gasteiger partial charge in [0.05, 0.1) is 0 Å². The highest BCUT2D eigenvalue weighted by atomic mass is 32.2. The summed E-state index contributed by atoms with van der Waals surface area (Å²) in [4.78, 5) is 2.70. The summed E-state index contributed by atoms with van der Waals surface area (Å²) >= 11 is 2.12. The van der Waals surface area contributed by atoms with E-state index in [1.807, 2.05) is 0 Å². The maximum atomic E-state index is 5.87. The van der Waals surface area contributed by atoms with Crippen LogP contribution in [0.2, 0.25) is 0 Å². The molecular formula is C12H24N2S. The molecule has 0 aromatic heterocycles. The van der Waals surface area contributed by atoms with E-state index in [4.69, 9.17) is 5.73 Å².